The molecule has 0 saturated heterocycles. The summed E-state index contributed by atoms with van der Waals surface area (Å²) in [6.45, 7) is 1.60. The van der Waals surface area contributed by atoms with Gasteiger partial charge in [-0.15, -0.1) is 0 Å². The number of esters is 1. The summed E-state index contributed by atoms with van der Waals surface area (Å²) in [7, 11) is 0. The smallest absolute Gasteiger partial charge is 0.325 e. The highest BCUT2D eigenvalue weighted by Crippen LogP contribution is 2.19. The van der Waals surface area contributed by atoms with Crippen LogP contribution in [-0.2, 0) is 16.1 Å². The number of amides is 1. The maximum absolute atomic E-state index is 13.8. The first kappa shape index (κ1) is 19.0. The highest BCUT2D eigenvalue weighted by molar-refractivity contribution is 5.96. The standard InChI is InChI=1S/C18H17FN2O5/c1-2-26-17(22)12-20(11-13-6-4-3-5-7-13)18(23)14-8-9-16(21(24)25)15(19)10-14/h3-10H,2,11-12H2,1H3. The van der Waals surface area contributed by atoms with E-state index in [0.29, 0.717) is 0 Å². The minimum absolute atomic E-state index is 0.0895. The van der Waals surface area contributed by atoms with Crippen molar-refractivity contribution in [2.75, 3.05) is 13.2 Å². The lowest BCUT2D eigenvalue weighted by Crippen LogP contribution is -2.36. The summed E-state index contributed by atoms with van der Waals surface area (Å²) in [5.41, 5.74) is -0.0394. The predicted octanol–water partition coefficient (Wildman–Crippen LogP) is 2.94. The van der Waals surface area contributed by atoms with Crippen LogP contribution in [0.5, 0.6) is 0 Å². The quantitative estimate of drug-likeness (QED) is 0.430. The summed E-state index contributed by atoms with van der Waals surface area (Å²) < 4.78 is 18.7. The van der Waals surface area contributed by atoms with Gasteiger partial charge in [0.1, 0.15) is 6.54 Å². The third-order valence-corrected chi connectivity index (χ3v) is 3.52. The van der Waals surface area contributed by atoms with Crippen LogP contribution in [0.15, 0.2) is 48.5 Å². The van der Waals surface area contributed by atoms with E-state index in [1.807, 2.05) is 6.07 Å². The van der Waals surface area contributed by atoms with E-state index >= 15 is 0 Å². The van der Waals surface area contributed by atoms with E-state index in [0.717, 1.165) is 23.8 Å². The van der Waals surface area contributed by atoms with Crippen LogP contribution in [0, 0.1) is 15.9 Å². The molecule has 0 aliphatic rings. The van der Waals surface area contributed by atoms with E-state index < -0.39 is 28.3 Å². The van der Waals surface area contributed by atoms with Gasteiger partial charge in [0.2, 0.25) is 5.82 Å². The van der Waals surface area contributed by atoms with Gasteiger partial charge in [-0.25, -0.2) is 0 Å². The molecule has 0 aromatic heterocycles. The number of nitrogens with zero attached hydrogens (tertiary/aromatic N) is 2. The van der Waals surface area contributed by atoms with Crippen molar-refractivity contribution < 1.29 is 23.6 Å². The average Bonchev–Trinajstić information content (AvgIpc) is 2.61. The van der Waals surface area contributed by atoms with Crippen LogP contribution in [0.25, 0.3) is 0 Å². The number of ether oxygens (including phenoxy) is 1. The van der Waals surface area contributed by atoms with Gasteiger partial charge in [-0.05, 0) is 24.6 Å². The summed E-state index contributed by atoms with van der Waals surface area (Å²) in [6, 6.07) is 11.8. The minimum Gasteiger partial charge on any atom is -0.465 e. The Bertz CT molecular complexity index is 810. The molecule has 0 spiro atoms. The summed E-state index contributed by atoms with van der Waals surface area (Å²) in [4.78, 5) is 35.5. The molecular formula is C18H17FN2O5. The Morgan fingerprint density at radius 3 is 2.46 bits per heavy atom. The van der Waals surface area contributed by atoms with Crippen LogP contribution in [0.2, 0.25) is 0 Å². The van der Waals surface area contributed by atoms with E-state index in [1.54, 1.807) is 31.2 Å². The molecule has 136 valence electrons. The Morgan fingerprint density at radius 1 is 1.19 bits per heavy atom. The number of hydrogen-bond acceptors (Lipinski definition) is 5. The van der Waals surface area contributed by atoms with Gasteiger partial charge in [-0.3, -0.25) is 19.7 Å². The summed E-state index contributed by atoms with van der Waals surface area (Å²) in [5.74, 6) is -2.34. The molecule has 0 unspecified atom stereocenters. The summed E-state index contributed by atoms with van der Waals surface area (Å²) in [6.07, 6.45) is 0. The number of nitro groups is 1. The number of hydrogen-bond donors (Lipinski definition) is 0. The Morgan fingerprint density at radius 2 is 1.88 bits per heavy atom. The van der Waals surface area contributed by atoms with Gasteiger partial charge >= 0.3 is 11.7 Å². The van der Waals surface area contributed by atoms with Crippen molar-refractivity contribution in [3.8, 4) is 0 Å². The third kappa shape index (κ3) is 4.85. The van der Waals surface area contributed by atoms with Crippen LogP contribution in [-0.4, -0.2) is 34.9 Å². The Balaban J connectivity index is 2.28. The van der Waals surface area contributed by atoms with Crippen molar-refractivity contribution in [1.29, 1.82) is 0 Å². The van der Waals surface area contributed by atoms with Crippen molar-refractivity contribution >= 4 is 17.6 Å². The zero-order chi connectivity index (χ0) is 19.1. The maximum atomic E-state index is 13.8. The highest BCUT2D eigenvalue weighted by atomic mass is 19.1. The molecule has 7 nitrogen and oxygen atoms in total. The van der Waals surface area contributed by atoms with Crippen LogP contribution in [0.3, 0.4) is 0 Å². The van der Waals surface area contributed by atoms with Gasteiger partial charge in [0.25, 0.3) is 5.91 Å². The van der Waals surface area contributed by atoms with Crippen molar-refractivity contribution in [3.05, 3.63) is 75.6 Å². The zero-order valence-corrected chi connectivity index (χ0v) is 14.1. The fraction of sp³-hybridized carbons (Fsp3) is 0.222. The van der Waals surface area contributed by atoms with Gasteiger partial charge in [0.15, 0.2) is 0 Å². The van der Waals surface area contributed by atoms with E-state index in [1.165, 1.54) is 4.90 Å². The van der Waals surface area contributed by atoms with E-state index in [4.69, 9.17) is 4.74 Å². The Kier molecular flexibility index (Phi) is 6.37. The zero-order valence-electron chi connectivity index (χ0n) is 14.1. The fourth-order valence-corrected chi connectivity index (χ4v) is 2.34. The molecular weight excluding hydrogens is 343 g/mol. The molecule has 0 radical (unpaired) electrons. The van der Waals surface area contributed by atoms with E-state index in [-0.39, 0.29) is 25.3 Å². The van der Waals surface area contributed by atoms with Crippen molar-refractivity contribution in [2.45, 2.75) is 13.5 Å². The molecule has 26 heavy (non-hydrogen) atoms. The SMILES string of the molecule is CCOC(=O)CN(Cc1ccccc1)C(=O)c1ccc([N+](=O)[O-])c(F)c1. The largest absolute Gasteiger partial charge is 0.465 e. The number of benzene rings is 2. The molecule has 0 heterocycles. The number of carbonyl (C=O) groups excluding carboxylic acids is 2. The van der Waals surface area contributed by atoms with Crippen LogP contribution in [0.1, 0.15) is 22.8 Å². The van der Waals surface area contributed by atoms with Crippen molar-refractivity contribution in [2.24, 2.45) is 0 Å². The van der Waals surface area contributed by atoms with Crippen LogP contribution < -0.4 is 0 Å². The second-order valence-electron chi connectivity index (χ2n) is 5.38. The maximum Gasteiger partial charge on any atom is 0.325 e. The first-order chi connectivity index (χ1) is 12.4. The molecule has 0 aliphatic heterocycles. The molecule has 0 N–H and O–H groups in total. The lowest BCUT2D eigenvalue weighted by atomic mass is 10.1. The first-order valence-corrected chi connectivity index (χ1v) is 7.85. The fourth-order valence-electron chi connectivity index (χ4n) is 2.34. The minimum atomic E-state index is -1.11. The van der Waals surface area contributed by atoms with Gasteiger partial charge in [-0.1, -0.05) is 30.3 Å². The van der Waals surface area contributed by atoms with Gasteiger partial charge in [0, 0.05) is 18.2 Å². The third-order valence-electron chi connectivity index (χ3n) is 3.52. The van der Waals surface area contributed by atoms with Gasteiger partial charge in [-0.2, -0.15) is 4.39 Å². The van der Waals surface area contributed by atoms with Gasteiger partial charge < -0.3 is 9.64 Å². The number of carbonyl (C=O) groups is 2. The van der Waals surface area contributed by atoms with Crippen molar-refractivity contribution in [3.63, 3.8) is 0 Å². The van der Waals surface area contributed by atoms with Crippen LogP contribution in [0.4, 0.5) is 10.1 Å². The first-order valence-electron chi connectivity index (χ1n) is 7.85. The number of rotatable bonds is 7. The second-order valence-corrected chi connectivity index (χ2v) is 5.38. The molecule has 0 aliphatic carbocycles. The second kappa shape index (κ2) is 8.70. The molecule has 2 aromatic carbocycles. The van der Waals surface area contributed by atoms with Gasteiger partial charge in [0.05, 0.1) is 11.5 Å². The molecule has 0 atom stereocenters. The summed E-state index contributed by atoms with van der Waals surface area (Å²) in [5, 5.41) is 10.7. The monoisotopic (exact) mass is 360 g/mol. The lowest BCUT2D eigenvalue weighted by Gasteiger charge is -2.22. The Labute approximate surface area is 149 Å². The highest BCUT2D eigenvalue weighted by Gasteiger charge is 2.23. The molecule has 0 bridgehead atoms. The van der Waals surface area contributed by atoms with Crippen LogP contribution >= 0.6 is 0 Å². The number of nitro benzene ring substituents is 1. The predicted molar refractivity (Wildman–Crippen MR) is 90.9 cm³/mol. The molecule has 0 fully saturated rings. The Hall–Kier alpha value is -3.29. The summed E-state index contributed by atoms with van der Waals surface area (Å²) >= 11 is 0. The molecule has 1 amide bonds. The molecule has 2 rings (SSSR count). The van der Waals surface area contributed by atoms with E-state index in [2.05, 4.69) is 0 Å². The molecule has 0 saturated carbocycles. The lowest BCUT2D eigenvalue weighted by molar-refractivity contribution is -0.387. The number of halogens is 1. The molecule has 8 heteroatoms. The molecule has 2 aromatic rings. The normalized spacial score (nSPS) is 10.2. The van der Waals surface area contributed by atoms with E-state index in [9.17, 15) is 24.1 Å². The average molecular weight is 360 g/mol. The topological polar surface area (TPSA) is 89.8 Å². The van der Waals surface area contributed by atoms with Crippen molar-refractivity contribution in [1.82, 2.24) is 4.90 Å².